The lowest BCUT2D eigenvalue weighted by atomic mass is 10.1. The number of fused-ring (bicyclic) bond motifs is 2. The predicted octanol–water partition coefficient (Wildman–Crippen LogP) is 4.08. The van der Waals surface area contributed by atoms with Gasteiger partial charge in [0.05, 0.1) is 0 Å². The molecule has 1 atom stereocenters. The first kappa shape index (κ1) is 18.2. The molecule has 4 rings (SSSR count). The molecular formula is C20H17ClN4O3. The fraction of sp³-hybridized carbons (Fsp3) is 0.200. The van der Waals surface area contributed by atoms with Gasteiger partial charge in [-0.15, -0.1) is 0 Å². The van der Waals surface area contributed by atoms with E-state index in [0.717, 1.165) is 11.8 Å². The molecule has 0 aliphatic carbocycles. The van der Waals surface area contributed by atoms with Crippen LogP contribution in [0.1, 0.15) is 35.5 Å². The van der Waals surface area contributed by atoms with E-state index in [4.69, 9.17) is 16.3 Å². The third-order valence-electron chi connectivity index (χ3n) is 4.40. The number of nitrogens with zero attached hydrogens (tertiary/aromatic N) is 3. The number of ether oxygens (including phenoxy) is 1. The summed E-state index contributed by atoms with van der Waals surface area (Å²) in [5.74, 6) is 0.0366. The van der Waals surface area contributed by atoms with E-state index in [1.807, 2.05) is 6.92 Å². The molecule has 8 heteroatoms. The number of hydrogen-bond donors (Lipinski definition) is 1. The number of amides is 2. The summed E-state index contributed by atoms with van der Waals surface area (Å²) in [5.41, 5.74) is 1.49. The molecule has 1 N–H and O–H groups in total. The van der Waals surface area contributed by atoms with Crippen LogP contribution in [0.5, 0.6) is 0 Å². The van der Waals surface area contributed by atoms with E-state index in [-0.39, 0.29) is 5.91 Å². The standard InChI is InChI=1S/C20H17ClN4O3/c1-2-11-22-20(27)28-19-14-6-4-3-5-13(14)18(26)25(19)16-10-8-12-7-9-15(21)23-17(12)24-16/h3-10,19H,2,11H2,1H3,(H,22,27). The van der Waals surface area contributed by atoms with Gasteiger partial charge in [-0.2, -0.15) is 0 Å². The molecule has 2 amide bonds. The van der Waals surface area contributed by atoms with E-state index >= 15 is 0 Å². The molecule has 28 heavy (non-hydrogen) atoms. The van der Waals surface area contributed by atoms with Gasteiger partial charge in [-0.1, -0.05) is 36.7 Å². The Kier molecular flexibility index (Phi) is 4.83. The van der Waals surface area contributed by atoms with E-state index < -0.39 is 12.3 Å². The maximum absolute atomic E-state index is 13.0. The Morgan fingerprint density at radius 3 is 2.79 bits per heavy atom. The van der Waals surface area contributed by atoms with Crippen LogP contribution in [-0.2, 0) is 4.74 Å². The van der Waals surface area contributed by atoms with Gasteiger partial charge in [0.2, 0.25) is 6.23 Å². The van der Waals surface area contributed by atoms with Crippen LogP contribution < -0.4 is 10.2 Å². The number of rotatable bonds is 4. The summed E-state index contributed by atoms with van der Waals surface area (Å²) in [6.45, 7) is 2.43. The smallest absolute Gasteiger partial charge is 0.409 e. The molecule has 2 aromatic heterocycles. The molecule has 0 saturated carbocycles. The van der Waals surface area contributed by atoms with Gasteiger partial charge in [-0.3, -0.25) is 9.69 Å². The number of alkyl carbamates (subject to hydrolysis) is 1. The molecule has 3 heterocycles. The van der Waals surface area contributed by atoms with Crippen LogP contribution in [0.2, 0.25) is 5.15 Å². The van der Waals surface area contributed by atoms with Gasteiger partial charge < -0.3 is 10.1 Å². The molecular weight excluding hydrogens is 380 g/mol. The van der Waals surface area contributed by atoms with Crippen molar-refractivity contribution in [2.75, 3.05) is 11.4 Å². The minimum Gasteiger partial charge on any atom is -0.420 e. The highest BCUT2D eigenvalue weighted by Crippen LogP contribution is 2.37. The minimum absolute atomic E-state index is 0.294. The first-order chi connectivity index (χ1) is 13.6. The van der Waals surface area contributed by atoms with E-state index in [1.165, 1.54) is 4.90 Å². The second-order valence-corrected chi connectivity index (χ2v) is 6.68. The van der Waals surface area contributed by atoms with Crippen LogP contribution in [0, 0.1) is 0 Å². The van der Waals surface area contributed by atoms with Crippen LogP contribution in [-0.4, -0.2) is 28.5 Å². The number of halogens is 1. The Morgan fingerprint density at radius 1 is 1.18 bits per heavy atom. The Morgan fingerprint density at radius 2 is 1.96 bits per heavy atom. The number of carbonyl (C=O) groups is 2. The number of carbonyl (C=O) groups excluding carboxylic acids is 2. The lowest BCUT2D eigenvalue weighted by Crippen LogP contribution is -2.35. The van der Waals surface area contributed by atoms with Gasteiger partial charge in [0, 0.05) is 23.1 Å². The third-order valence-corrected chi connectivity index (χ3v) is 4.61. The number of aromatic nitrogens is 2. The SMILES string of the molecule is CCCNC(=O)OC1c2ccccc2C(=O)N1c1ccc2ccc(Cl)nc2n1. The van der Waals surface area contributed by atoms with Gasteiger partial charge in [0.1, 0.15) is 11.0 Å². The van der Waals surface area contributed by atoms with E-state index in [0.29, 0.717) is 34.3 Å². The van der Waals surface area contributed by atoms with Crippen molar-refractivity contribution in [3.63, 3.8) is 0 Å². The Balaban J connectivity index is 1.75. The van der Waals surface area contributed by atoms with Crippen molar-refractivity contribution >= 4 is 40.5 Å². The average Bonchev–Trinajstić information content (AvgIpc) is 2.98. The number of pyridine rings is 2. The first-order valence-electron chi connectivity index (χ1n) is 8.88. The van der Waals surface area contributed by atoms with Crippen molar-refractivity contribution < 1.29 is 14.3 Å². The lowest BCUT2D eigenvalue weighted by molar-refractivity contribution is 0.0831. The van der Waals surface area contributed by atoms with Crippen LogP contribution in [0.15, 0.2) is 48.5 Å². The molecule has 0 saturated heterocycles. The lowest BCUT2D eigenvalue weighted by Gasteiger charge is -2.24. The molecule has 7 nitrogen and oxygen atoms in total. The molecule has 1 aromatic carbocycles. The molecule has 1 unspecified atom stereocenters. The second-order valence-electron chi connectivity index (χ2n) is 6.30. The summed E-state index contributed by atoms with van der Waals surface area (Å²) in [6, 6.07) is 14.0. The second kappa shape index (κ2) is 7.44. The molecule has 1 aliphatic rings. The van der Waals surface area contributed by atoms with Gasteiger partial charge >= 0.3 is 6.09 Å². The van der Waals surface area contributed by atoms with E-state index in [2.05, 4.69) is 15.3 Å². The summed E-state index contributed by atoms with van der Waals surface area (Å²) < 4.78 is 5.58. The summed E-state index contributed by atoms with van der Waals surface area (Å²) in [7, 11) is 0. The Bertz CT molecular complexity index is 1070. The van der Waals surface area contributed by atoms with Crippen molar-refractivity contribution in [2.45, 2.75) is 19.6 Å². The maximum Gasteiger partial charge on any atom is 0.409 e. The molecule has 0 bridgehead atoms. The summed E-state index contributed by atoms with van der Waals surface area (Å²) in [5, 5.41) is 3.76. The Hall–Kier alpha value is -3.19. The van der Waals surface area contributed by atoms with Gasteiger partial charge in [-0.05, 0) is 36.8 Å². The molecule has 3 aromatic rings. The van der Waals surface area contributed by atoms with Crippen molar-refractivity contribution in [1.29, 1.82) is 0 Å². The summed E-state index contributed by atoms with van der Waals surface area (Å²) >= 11 is 5.97. The summed E-state index contributed by atoms with van der Waals surface area (Å²) in [4.78, 5) is 35.3. The van der Waals surface area contributed by atoms with Crippen LogP contribution >= 0.6 is 11.6 Å². The zero-order valence-corrected chi connectivity index (χ0v) is 15.8. The largest absolute Gasteiger partial charge is 0.420 e. The zero-order valence-electron chi connectivity index (χ0n) is 15.1. The van der Waals surface area contributed by atoms with E-state index in [9.17, 15) is 9.59 Å². The maximum atomic E-state index is 13.0. The number of hydrogen-bond acceptors (Lipinski definition) is 5. The fourth-order valence-corrected chi connectivity index (χ4v) is 3.24. The van der Waals surface area contributed by atoms with Crippen LogP contribution in [0.4, 0.5) is 10.6 Å². The molecule has 0 radical (unpaired) electrons. The van der Waals surface area contributed by atoms with Crippen LogP contribution in [0.25, 0.3) is 11.0 Å². The van der Waals surface area contributed by atoms with Crippen molar-refractivity contribution in [3.8, 4) is 0 Å². The Labute approximate surface area is 166 Å². The minimum atomic E-state index is -0.912. The van der Waals surface area contributed by atoms with E-state index in [1.54, 1.807) is 48.5 Å². The quantitative estimate of drug-likeness (QED) is 0.672. The topological polar surface area (TPSA) is 84.4 Å². The van der Waals surface area contributed by atoms with Crippen molar-refractivity contribution in [3.05, 3.63) is 64.8 Å². The molecule has 0 fully saturated rings. The first-order valence-corrected chi connectivity index (χ1v) is 9.26. The number of anilines is 1. The molecule has 1 aliphatic heterocycles. The number of benzene rings is 1. The van der Waals surface area contributed by atoms with Gasteiger partial charge in [0.25, 0.3) is 5.91 Å². The fourth-order valence-electron chi connectivity index (χ4n) is 3.09. The molecule has 0 spiro atoms. The predicted molar refractivity (Wildman–Crippen MR) is 105 cm³/mol. The van der Waals surface area contributed by atoms with Crippen LogP contribution in [0.3, 0.4) is 0 Å². The number of nitrogens with one attached hydrogen (secondary N) is 1. The third kappa shape index (κ3) is 3.25. The highest BCUT2D eigenvalue weighted by atomic mass is 35.5. The van der Waals surface area contributed by atoms with Crippen molar-refractivity contribution in [1.82, 2.24) is 15.3 Å². The zero-order chi connectivity index (χ0) is 19.7. The van der Waals surface area contributed by atoms with Crippen molar-refractivity contribution in [2.24, 2.45) is 0 Å². The van der Waals surface area contributed by atoms with Gasteiger partial charge in [0.15, 0.2) is 5.65 Å². The average molecular weight is 397 g/mol. The molecule has 142 valence electrons. The van der Waals surface area contributed by atoms with Gasteiger partial charge in [-0.25, -0.2) is 14.8 Å². The highest BCUT2D eigenvalue weighted by Gasteiger charge is 2.41. The monoisotopic (exact) mass is 396 g/mol. The highest BCUT2D eigenvalue weighted by molar-refractivity contribution is 6.29. The normalized spacial score (nSPS) is 15.6. The summed E-state index contributed by atoms with van der Waals surface area (Å²) in [6.07, 6.45) is -0.731.